The van der Waals surface area contributed by atoms with E-state index < -0.39 is 12.3 Å². The number of ether oxygens (including phenoxy) is 3. The number of hydrogen-bond acceptors (Lipinski definition) is 6. The molecule has 9 nitrogen and oxygen atoms in total. The normalized spacial score (nSPS) is 11.8. The van der Waals surface area contributed by atoms with Crippen molar-refractivity contribution in [3.05, 3.63) is 58.2 Å². The van der Waals surface area contributed by atoms with Gasteiger partial charge in [-0.3, -0.25) is 10.2 Å². The van der Waals surface area contributed by atoms with Crippen LogP contribution < -0.4 is 30.1 Å². The molecule has 0 unspecified atom stereocenters. The van der Waals surface area contributed by atoms with E-state index in [-0.39, 0.29) is 17.3 Å². The molecule has 4 N–H and O–H groups in total. The average Bonchev–Trinajstić information content (AvgIpc) is 3.22. The number of thiazole rings is 1. The average molecular weight is 524 g/mol. The largest absolute Gasteiger partial charge is 0.573 e. The number of benzene rings is 2. The first-order valence-electron chi connectivity index (χ1n) is 10.5. The van der Waals surface area contributed by atoms with Crippen LogP contribution in [0.25, 0.3) is 11.3 Å². The van der Waals surface area contributed by atoms with E-state index in [1.165, 1.54) is 49.8 Å². The molecule has 3 aromatic rings. The fourth-order valence-electron chi connectivity index (χ4n) is 3.28. The highest BCUT2D eigenvalue weighted by molar-refractivity contribution is 7.07. The summed E-state index contributed by atoms with van der Waals surface area (Å²) in [5.74, 6) is -0.222. The molecule has 36 heavy (non-hydrogen) atoms. The second-order valence-electron chi connectivity index (χ2n) is 7.30. The number of carbonyl (C=O) groups is 1. The molecule has 0 atom stereocenters. The summed E-state index contributed by atoms with van der Waals surface area (Å²) in [4.78, 5) is 17.7. The molecule has 13 heteroatoms. The van der Waals surface area contributed by atoms with Crippen molar-refractivity contribution < 1.29 is 32.2 Å². The van der Waals surface area contributed by atoms with Crippen LogP contribution in [0.4, 0.5) is 13.2 Å². The number of amides is 1. The number of rotatable bonds is 9. The summed E-state index contributed by atoms with van der Waals surface area (Å²) in [6.07, 6.45) is -4.26. The van der Waals surface area contributed by atoms with Crippen LogP contribution in [0.2, 0.25) is 0 Å². The molecule has 0 radical (unpaired) electrons. The van der Waals surface area contributed by atoms with Gasteiger partial charge >= 0.3 is 6.36 Å². The second kappa shape index (κ2) is 11.6. The lowest BCUT2D eigenvalue weighted by Gasteiger charge is -2.12. The molecule has 0 spiro atoms. The predicted molar refractivity (Wildman–Crippen MR) is 128 cm³/mol. The molecular weight excluding hydrogens is 499 g/mol. The number of halogens is 3. The van der Waals surface area contributed by atoms with Crippen molar-refractivity contribution in [3.8, 4) is 28.5 Å². The molecule has 192 valence electrons. The van der Waals surface area contributed by atoms with E-state index in [2.05, 4.69) is 15.0 Å². The zero-order valence-corrected chi connectivity index (χ0v) is 20.2. The molecule has 0 aliphatic heterocycles. The summed E-state index contributed by atoms with van der Waals surface area (Å²) >= 11 is 1.21. The molecule has 0 aliphatic carbocycles. The number of nitrogens with one attached hydrogen (secondary N) is 2. The Balaban J connectivity index is 1.97. The van der Waals surface area contributed by atoms with E-state index in [0.29, 0.717) is 47.1 Å². The van der Waals surface area contributed by atoms with Crippen molar-refractivity contribution in [1.29, 1.82) is 5.41 Å². The topological polar surface area (TPSA) is 124 Å². The molecule has 2 aromatic carbocycles. The molecular formula is C23H24F3N5O4S. The number of guanidine groups is 1. The van der Waals surface area contributed by atoms with E-state index in [1.54, 1.807) is 28.1 Å². The first-order valence-corrected chi connectivity index (χ1v) is 11.4. The molecule has 0 saturated carbocycles. The van der Waals surface area contributed by atoms with Crippen molar-refractivity contribution in [2.24, 2.45) is 10.7 Å². The molecule has 3 rings (SSSR count). The SMILES string of the molecule is COc1ccc(C(=O)/N=c2\scc(-c3ccc(OC(F)(F)F)cc3)n2CCCNC(=N)N)c(OC)c1. The van der Waals surface area contributed by atoms with Gasteiger partial charge in [-0.2, -0.15) is 4.99 Å². The van der Waals surface area contributed by atoms with Crippen LogP contribution >= 0.6 is 11.3 Å². The minimum absolute atomic E-state index is 0.169. The van der Waals surface area contributed by atoms with Gasteiger partial charge in [-0.05, 0) is 48.4 Å². The zero-order chi connectivity index (χ0) is 26.3. The smallest absolute Gasteiger partial charge is 0.497 e. The Bertz CT molecular complexity index is 1290. The van der Waals surface area contributed by atoms with Crippen molar-refractivity contribution in [2.75, 3.05) is 20.8 Å². The quantitative estimate of drug-likeness (QED) is 0.223. The Morgan fingerprint density at radius 2 is 1.83 bits per heavy atom. The van der Waals surface area contributed by atoms with Gasteiger partial charge in [0, 0.05) is 24.5 Å². The van der Waals surface area contributed by atoms with Crippen LogP contribution in [-0.4, -0.2) is 43.6 Å². The number of carbonyl (C=O) groups excluding carboxylic acids is 1. The van der Waals surface area contributed by atoms with Crippen LogP contribution in [0.15, 0.2) is 52.8 Å². The number of nitrogens with zero attached hydrogens (tertiary/aromatic N) is 2. The van der Waals surface area contributed by atoms with Crippen LogP contribution in [0.3, 0.4) is 0 Å². The summed E-state index contributed by atoms with van der Waals surface area (Å²) in [5, 5.41) is 11.8. The number of methoxy groups -OCH3 is 2. The van der Waals surface area contributed by atoms with Crippen LogP contribution in [0, 0.1) is 5.41 Å². The van der Waals surface area contributed by atoms with Crippen LogP contribution in [-0.2, 0) is 6.54 Å². The number of nitrogens with two attached hydrogens (primary N) is 1. The van der Waals surface area contributed by atoms with Gasteiger partial charge in [0.1, 0.15) is 17.2 Å². The van der Waals surface area contributed by atoms with Gasteiger partial charge in [-0.1, -0.05) is 0 Å². The zero-order valence-electron chi connectivity index (χ0n) is 19.4. The second-order valence-corrected chi connectivity index (χ2v) is 8.14. The minimum atomic E-state index is -4.79. The summed E-state index contributed by atoms with van der Waals surface area (Å²) < 4.78 is 53.7. The van der Waals surface area contributed by atoms with E-state index in [4.69, 9.17) is 20.6 Å². The summed E-state index contributed by atoms with van der Waals surface area (Å²) in [7, 11) is 2.93. The lowest BCUT2D eigenvalue weighted by atomic mass is 10.1. The maximum absolute atomic E-state index is 13.0. The lowest BCUT2D eigenvalue weighted by molar-refractivity contribution is -0.274. The molecule has 1 heterocycles. The highest BCUT2D eigenvalue weighted by Gasteiger charge is 2.31. The Kier molecular flexibility index (Phi) is 8.59. The van der Waals surface area contributed by atoms with Crippen LogP contribution in [0.5, 0.6) is 17.2 Å². The summed E-state index contributed by atoms with van der Waals surface area (Å²) in [6, 6.07) is 10.2. The fourth-order valence-corrected chi connectivity index (χ4v) is 4.21. The third kappa shape index (κ3) is 7.01. The lowest BCUT2D eigenvalue weighted by Crippen LogP contribution is -2.32. The fraction of sp³-hybridized carbons (Fsp3) is 0.261. The van der Waals surface area contributed by atoms with Gasteiger partial charge < -0.3 is 29.8 Å². The van der Waals surface area contributed by atoms with E-state index >= 15 is 0 Å². The Morgan fingerprint density at radius 3 is 2.44 bits per heavy atom. The third-order valence-corrected chi connectivity index (χ3v) is 5.76. The van der Waals surface area contributed by atoms with Gasteiger partial charge in [0.25, 0.3) is 5.91 Å². The molecule has 0 fully saturated rings. The number of aromatic nitrogens is 1. The Hall–Kier alpha value is -4.00. The first kappa shape index (κ1) is 26.6. The van der Waals surface area contributed by atoms with E-state index in [9.17, 15) is 18.0 Å². The van der Waals surface area contributed by atoms with Gasteiger partial charge in [0.15, 0.2) is 10.8 Å². The van der Waals surface area contributed by atoms with Gasteiger partial charge in [-0.25, -0.2) is 0 Å². The molecule has 1 aromatic heterocycles. The molecule has 0 saturated heterocycles. The Labute approximate surface area is 208 Å². The van der Waals surface area contributed by atoms with Crippen molar-refractivity contribution in [2.45, 2.75) is 19.3 Å². The highest BCUT2D eigenvalue weighted by Crippen LogP contribution is 2.28. The van der Waals surface area contributed by atoms with E-state index in [0.717, 1.165) is 0 Å². The van der Waals surface area contributed by atoms with Gasteiger partial charge in [0.2, 0.25) is 0 Å². The summed E-state index contributed by atoms with van der Waals surface area (Å²) in [5.41, 5.74) is 6.83. The van der Waals surface area contributed by atoms with Crippen molar-refractivity contribution in [3.63, 3.8) is 0 Å². The Morgan fingerprint density at radius 1 is 1.14 bits per heavy atom. The highest BCUT2D eigenvalue weighted by atomic mass is 32.1. The number of alkyl halides is 3. The van der Waals surface area contributed by atoms with Crippen molar-refractivity contribution in [1.82, 2.24) is 9.88 Å². The van der Waals surface area contributed by atoms with Crippen LogP contribution in [0.1, 0.15) is 16.8 Å². The standard InChI is InChI=1S/C23H24F3N5O4S/c1-33-16-8-9-17(19(12-16)34-2)20(32)30-22-31(11-3-10-29-21(27)28)18(13-36-22)14-4-6-15(7-5-14)35-23(24,25)26/h4-9,12-13H,3,10-11H2,1-2H3,(H4,27,28,29)/b30-22-. The molecule has 0 bridgehead atoms. The molecule has 1 amide bonds. The van der Waals surface area contributed by atoms with Gasteiger partial charge in [-0.15, -0.1) is 24.5 Å². The van der Waals surface area contributed by atoms with Gasteiger partial charge in [0.05, 0.1) is 25.5 Å². The predicted octanol–water partition coefficient (Wildman–Crippen LogP) is 3.75. The first-order chi connectivity index (χ1) is 17.1. The minimum Gasteiger partial charge on any atom is -0.497 e. The number of hydrogen-bond donors (Lipinski definition) is 3. The molecule has 0 aliphatic rings. The van der Waals surface area contributed by atoms with E-state index in [1.807, 2.05) is 0 Å². The maximum Gasteiger partial charge on any atom is 0.573 e. The maximum atomic E-state index is 13.0. The monoisotopic (exact) mass is 523 g/mol. The summed E-state index contributed by atoms with van der Waals surface area (Å²) in [6.45, 7) is 0.793. The third-order valence-electron chi connectivity index (χ3n) is 4.89. The van der Waals surface area contributed by atoms with Crippen molar-refractivity contribution >= 4 is 23.2 Å².